The average molecular weight is 346 g/mol. The van der Waals surface area contributed by atoms with Crippen LogP contribution in [0.25, 0.3) is 16.8 Å². The SMILES string of the molecule is CCC1(CC)c2ccc(-c3ccccc3)cc2-n2ccc[n+]2C1(C)CC. The Morgan fingerprint density at radius 3 is 2.23 bits per heavy atom. The molecule has 0 saturated heterocycles. The molecule has 1 aliphatic heterocycles. The summed E-state index contributed by atoms with van der Waals surface area (Å²) in [5, 5.41) is 0. The van der Waals surface area contributed by atoms with Crippen LogP contribution in [0.5, 0.6) is 0 Å². The Hall–Kier alpha value is -2.35. The van der Waals surface area contributed by atoms with Gasteiger partial charge in [-0.2, -0.15) is 0 Å². The van der Waals surface area contributed by atoms with Gasteiger partial charge in [0.05, 0.1) is 11.6 Å². The van der Waals surface area contributed by atoms with E-state index in [0.29, 0.717) is 0 Å². The standard InChI is InChI=1S/C24H29N2/c1-5-23(4)24(6-2,7-3)21-15-14-20(19-12-9-8-10-13-19)18-22(21)25-16-11-17-26(23)25/h8-18H,5-7H2,1-4H3/q+1. The van der Waals surface area contributed by atoms with E-state index < -0.39 is 0 Å². The first kappa shape index (κ1) is 17.1. The highest BCUT2D eigenvalue weighted by molar-refractivity contribution is 5.68. The Labute approximate surface area is 157 Å². The van der Waals surface area contributed by atoms with Crippen LogP contribution in [0.1, 0.15) is 52.5 Å². The lowest BCUT2D eigenvalue weighted by atomic mass is 9.60. The molecule has 0 bridgehead atoms. The molecule has 2 heterocycles. The van der Waals surface area contributed by atoms with E-state index in [-0.39, 0.29) is 11.0 Å². The predicted octanol–water partition coefficient (Wildman–Crippen LogP) is 5.63. The Morgan fingerprint density at radius 1 is 0.846 bits per heavy atom. The molecule has 2 nitrogen and oxygen atoms in total. The van der Waals surface area contributed by atoms with Crippen molar-refractivity contribution in [2.24, 2.45) is 0 Å². The number of hydrogen-bond donors (Lipinski definition) is 0. The molecule has 0 spiro atoms. The summed E-state index contributed by atoms with van der Waals surface area (Å²) < 4.78 is 4.83. The van der Waals surface area contributed by atoms with Gasteiger partial charge in [-0.25, -0.2) is 0 Å². The van der Waals surface area contributed by atoms with Crippen molar-refractivity contribution in [2.75, 3.05) is 0 Å². The van der Waals surface area contributed by atoms with Crippen LogP contribution in [-0.2, 0) is 11.0 Å². The summed E-state index contributed by atoms with van der Waals surface area (Å²) in [6, 6.07) is 19.9. The smallest absolute Gasteiger partial charge is 0.128 e. The van der Waals surface area contributed by atoms with Crippen molar-refractivity contribution in [1.29, 1.82) is 0 Å². The lowest BCUT2D eigenvalue weighted by Gasteiger charge is -2.47. The van der Waals surface area contributed by atoms with E-state index in [1.165, 1.54) is 22.4 Å². The third kappa shape index (κ3) is 2.08. The van der Waals surface area contributed by atoms with Crippen LogP contribution < -0.4 is 4.68 Å². The zero-order chi connectivity index (χ0) is 18.4. The van der Waals surface area contributed by atoms with Gasteiger partial charge >= 0.3 is 0 Å². The van der Waals surface area contributed by atoms with Crippen molar-refractivity contribution in [3.8, 4) is 16.8 Å². The predicted molar refractivity (Wildman–Crippen MR) is 108 cm³/mol. The molecule has 1 atom stereocenters. The molecule has 0 amide bonds. The molecule has 1 aromatic heterocycles. The lowest BCUT2D eigenvalue weighted by Crippen LogP contribution is -2.71. The number of hydrogen-bond acceptors (Lipinski definition) is 0. The topological polar surface area (TPSA) is 8.81 Å². The zero-order valence-electron chi connectivity index (χ0n) is 16.4. The van der Waals surface area contributed by atoms with E-state index in [4.69, 9.17) is 0 Å². The summed E-state index contributed by atoms with van der Waals surface area (Å²) in [6.07, 6.45) is 7.86. The maximum Gasteiger partial charge on any atom is 0.198 e. The molecule has 134 valence electrons. The van der Waals surface area contributed by atoms with Crippen molar-refractivity contribution >= 4 is 0 Å². The van der Waals surface area contributed by atoms with Gasteiger partial charge in [-0.3, -0.25) is 0 Å². The van der Waals surface area contributed by atoms with Gasteiger partial charge in [-0.1, -0.05) is 63.2 Å². The molecule has 0 N–H and O–H groups in total. The van der Waals surface area contributed by atoms with Gasteiger partial charge < -0.3 is 0 Å². The molecule has 3 aromatic rings. The van der Waals surface area contributed by atoms with Crippen LogP contribution in [0, 0.1) is 0 Å². The van der Waals surface area contributed by atoms with Gasteiger partial charge in [0.1, 0.15) is 5.69 Å². The second-order valence-corrected chi connectivity index (χ2v) is 7.69. The van der Waals surface area contributed by atoms with E-state index in [2.05, 4.69) is 104 Å². The van der Waals surface area contributed by atoms with Crippen molar-refractivity contribution in [2.45, 2.75) is 57.9 Å². The van der Waals surface area contributed by atoms with E-state index >= 15 is 0 Å². The molecule has 4 rings (SSSR count). The van der Waals surface area contributed by atoms with E-state index in [9.17, 15) is 0 Å². The highest BCUT2D eigenvalue weighted by Gasteiger charge is 2.58. The fourth-order valence-corrected chi connectivity index (χ4v) is 5.28. The van der Waals surface area contributed by atoms with E-state index in [0.717, 1.165) is 19.3 Å². The maximum absolute atomic E-state index is 2.47. The van der Waals surface area contributed by atoms with E-state index in [1.54, 1.807) is 0 Å². The summed E-state index contributed by atoms with van der Waals surface area (Å²) in [5.41, 5.74) is 5.59. The highest BCUT2D eigenvalue weighted by Crippen LogP contribution is 2.50. The molecule has 0 fully saturated rings. The molecular formula is C24H29N2+. The van der Waals surface area contributed by atoms with Crippen molar-refractivity contribution in [3.05, 3.63) is 72.6 Å². The summed E-state index contributed by atoms with van der Waals surface area (Å²) >= 11 is 0. The van der Waals surface area contributed by atoms with E-state index in [1.807, 2.05) is 0 Å². The third-order valence-corrected chi connectivity index (χ3v) is 6.99. The number of aromatic nitrogens is 2. The minimum atomic E-state index is 0.0707. The fourth-order valence-electron chi connectivity index (χ4n) is 5.28. The van der Waals surface area contributed by atoms with Crippen LogP contribution in [0.2, 0.25) is 0 Å². The molecule has 0 radical (unpaired) electrons. The third-order valence-electron chi connectivity index (χ3n) is 6.99. The fraction of sp³-hybridized carbons (Fsp3) is 0.375. The second-order valence-electron chi connectivity index (χ2n) is 7.69. The zero-order valence-corrected chi connectivity index (χ0v) is 16.4. The van der Waals surface area contributed by atoms with Crippen molar-refractivity contribution < 1.29 is 4.68 Å². The first-order valence-corrected chi connectivity index (χ1v) is 9.91. The van der Waals surface area contributed by atoms with Gasteiger partial charge in [-0.15, -0.1) is 9.36 Å². The van der Waals surface area contributed by atoms with Crippen LogP contribution in [0.3, 0.4) is 0 Å². The van der Waals surface area contributed by atoms with Gasteiger partial charge in [0.2, 0.25) is 0 Å². The Morgan fingerprint density at radius 2 is 1.58 bits per heavy atom. The van der Waals surface area contributed by atoms with Gasteiger partial charge in [-0.05, 0) is 35.6 Å². The monoisotopic (exact) mass is 345 g/mol. The first-order chi connectivity index (χ1) is 12.6. The normalized spacial score (nSPS) is 20.5. The molecule has 2 heteroatoms. The lowest BCUT2D eigenvalue weighted by molar-refractivity contribution is -0.836. The molecule has 1 unspecified atom stereocenters. The maximum atomic E-state index is 2.47. The van der Waals surface area contributed by atoms with Crippen molar-refractivity contribution in [1.82, 2.24) is 4.68 Å². The average Bonchev–Trinajstić information content (AvgIpc) is 3.20. The molecular weight excluding hydrogens is 316 g/mol. The van der Waals surface area contributed by atoms with Gasteiger partial charge in [0, 0.05) is 19.4 Å². The minimum absolute atomic E-state index is 0.0707. The molecule has 0 aliphatic carbocycles. The minimum Gasteiger partial charge on any atom is -0.128 e. The molecule has 2 aromatic carbocycles. The first-order valence-electron chi connectivity index (χ1n) is 9.91. The van der Waals surface area contributed by atoms with Gasteiger partial charge in [0.25, 0.3) is 0 Å². The number of nitrogens with zero attached hydrogens (tertiary/aromatic N) is 2. The summed E-state index contributed by atoms with van der Waals surface area (Å²) in [7, 11) is 0. The van der Waals surface area contributed by atoms with Crippen molar-refractivity contribution in [3.63, 3.8) is 0 Å². The van der Waals surface area contributed by atoms with Crippen LogP contribution in [0.4, 0.5) is 0 Å². The number of fused-ring (bicyclic) bond motifs is 3. The highest BCUT2D eigenvalue weighted by atomic mass is 15.4. The Bertz CT molecular complexity index is 918. The number of benzene rings is 2. The number of rotatable bonds is 4. The second kappa shape index (κ2) is 6.12. The molecule has 1 aliphatic rings. The van der Waals surface area contributed by atoms with Crippen LogP contribution in [-0.4, -0.2) is 4.68 Å². The molecule has 0 saturated carbocycles. The Kier molecular flexibility index (Phi) is 4.02. The summed E-state index contributed by atoms with van der Waals surface area (Å²) in [5.74, 6) is 0. The largest absolute Gasteiger partial charge is 0.198 e. The quantitative estimate of drug-likeness (QED) is 0.542. The van der Waals surface area contributed by atoms with Crippen LogP contribution >= 0.6 is 0 Å². The summed E-state index contributed by atoms with van der Waals surface area (Å²) in [6.45, 7) is 9.47. The Balaban J connectivity index is 2.01. The van der Waals surface area contributed by atoms with Gasteiger partial charge in [0.15, 0.2) is 11.7 Å². The summed E-state index contributed by atoms with van der Waals surface area (Å²) in [4.78, 5) is 0. The van der Waals surface area contributed by atoms with Crippen LogP contribution in [0.15, 0.2) is 67.0 Å². The molecule has 26 heavy (non-hydrogen) atoms.